The number of hydrogen-bond acceptors (Lipinski definition) is 14. The number of hydrogen-bond donors (Lipinski definition) is 11. The van der Waals surface area contributed by atoms with Crippen molar-refractivity contribution in [3.8, 4) is 23.0 Å². The van der Waals surface area contributed by atoms with E-state index in [1.54, 1.807) is 32.9 Å². The van der Waals surface area contributed by atoms with Crippen LogP contribution in [-0.2, 0) is 12.8 Å². The molecule has 0 fully saturated rings. The standard InChI is InChI=1S/C20H24N2O2.C10H14N2.C10H12O3.C3H8N2S.C2H6N2S/c1-3-18(17-11-12-19(23)14(2)20(17)24)22-13-16(21)10-9-15-7-5-4-6-8-15;11-8-10(12)7-6-9-4-2-1-3-5-9;1-3-8(11)7-4-5-9(12)6(2)10(7)13;1-6-3(5)2-4;3-1-2(4)5/h4-8,11-12,21,23-24H,3,9-10,13H2,1-2H3;1-5,12H,6-8,11H2;4-5,12-13H,3H2,1-2H3;5H,2,4H2,1H3;1,3H2,(H2,4,5). The number of carbonyl (C=O) groups is 1. The molecule has 0 aliphatic carbocycles. The van der Waals surface area contributed by atoms with Crippen molar-refractivity contribution in [2.45, 2.75) is 66.2 Å². The van der Waals surface area contributed by atoms with Gasteiger partial charge in [0.05, 0.1) is 22.1 Å². The smallest absolute Gasteiger partial charge is 0.166 e. The summed E-state index contributed by atoms with van der Waals surface area (Å²) in [6.45, 7) is 8.33. The molecule has 0 radical (unpaired) electrons. The van der Waals surface area contributed by atoms with Crippen LogP contribution in [0.5, 0.6) is 23.0 Å². The van der Waals surface area contributed by atoms with E-state index in [-0.39, 0.29) is 34.3 Å². The van der Waals surface area contributed by atoms with Crippen LogP contribution in [0.4, 0.5) is 0 Å². The Morgan fingerprint density at radius 1 is 0.667 bits per heavy atom. The highest BCUT2D eigenvalue weighted by molar-refractivity contribution is 8.13. The molecule has 0 saturated carbocycles. The van der Waals surface area contributed by atoms with E-state index in [9.17, 15) is 25.2 Å². The molecule has 13 nitrogen and oxygen atoms in total. The first-order valence-electron chi connectivity index (χ1n) is 19.3. The summed E-state index contributed by atoms with van der Waals surface area (Å²) in [5.41, 5.74) is 26.3. The fraction of sp³-hybridized carbons (Fsp3) is 0.333. The quantitative estimate of drug-likeness (QED) is 0.0243. The number of rotatable bonds is 15. The zero-order valence-corrected chi connectivity index (χ0v) is 37.1. The van der Waals surface area contributed by atoms with Crippen LogP contribution in [-0.4, -0.2) is 85.8 Å². The number of phenolic OH excluding ortho intramolecular Hbond substituents is 4. The van der Waals surface area contributed by atoms with E-state index < -0.39 is 0 Å². The van der Waals surface area contributed by atoms with Gasteiger partial charge in [0, 0.05) is 59.9 Å². The molecule has 0 aliphatic rings. The third kappa shape index (κ3) is 22.1. The lowest BCUT2D eigenvalue weighted by atomic mass is 10.0. The van der Waals surface area contributed by atoms with Gasteiger partial charge >= 0.3 is 0 Å². The van der Waals surface area contributed by atoms with Crippen molar-refractivity contribution in [3.05, 3.63) is 118 Å². The number of Topliss-reactive ketones (excluding diaryl/α,β-unsaturated/α-hetero) is 1. The minimum Gasteiger partial charge on any atom is -0.508 e. The van der Waals surface area contributed by atoms with E-state index in [0.717, 1.165) is 25.0 Å². The zero-order chi connectivity index (χ0) is 45.6. The monoisotopic (exact) mass is 860 g/mol. The lowest BCUT2D eigenvalue weighted by Gasteiger charge is -2.11. The van der Waals surface area contributed by atoms with Crippen molar-refractivity contribution in [2.24, 2.45) is 27.9 Å². The van der Waals surface area contributed by atoms with Crippen LogP contribution in [0.1, 0.15) is 77.7 Å². The zero-order valence-electron chi connectivity index (χ0n) is 35.4. The highest BCUT2D eigenvalue weighted by atomic mass is 32.2. The summed E-state index contributed by atoms with van der Waals surface area (Å²) in [5.74, 6) is -0.105. The molecule has 4 aromatic carbocycles. The van der Waals surface area contributed by atoms with Crippen molar-refractivity contribution < 1.29 is 25.2 Å². The van der Waals surface area contributed by atoms with Gasteiger partial charge in [-0.15, -0.1) is 11.8 Å². The fourth-order valence-electron chi connectivity index (χ4n) is 4.75. The van der Waals surface area contributed by atoms with Crippen molar-refractivity contribution >= 4 is 56.9 Å². The Morgan fingerprint density at radius 2 is 1.10 bits per heavy atom. The van der Waals surface area contributed by atoms with Gasteiger partial charge in [-0.05, 0) is 87.6 Å². The number of aryl methyl sites for hydroxylation is 2. The van der Waals surface area contributed by atoms with E-state index >= 15 is 0 Å². The number of thiocarbonyl (C=S) groups is 1. The van der Waals surface area contributed by atoms with Crippen molar-refractivity contribution in [1.29, 1.82) is 16.2 Å². The number of aromatic hydroxyl groups is 4. The normalized spacial score (nSPS) is 10.2. The maximum atomic E-state index is 11.3. The molecule has 0 amide bonds. The van der Waals surface area contributed by atoms with Crippen molar-refractivity contribution in [2.75, 3.05) is 32.4 Å². The maximum absolute atomic E-state index is 11.3. The first-order chi connectivity index (χ1) is 28.5. The SMILES string of the molecule is CCC(=NCC(=N)CCc1ccccc1)c1ccc(O)c(C)c1O.CCC(=O)c1ccc(O)c(C)c1O.CSC(=N)CN.N=C(CN)CCc1ccccc1.NCC(N)=S. The largest absolute Gasteiger partial charge is 0.508 e. The summed E-state index contributed by atoms with van der Waals surface area (Å²) in [7, 11) is 0. The number of nitrogens with two attached hydrogens (primary N) is 4. The van der Waals surface area contributed by atoms with Gasteiger partial charge < -0.3 is 54.2 Å². The second-order valence-electron chi connectivity index (χ2n) is 13.0. The number of benzene rings is 4. The summed E-state index contributed by atoms with van der Waals surface area (Å²) in [4.78, 5) is 16.1. The Hall–Kier alpha value is -5.45. The van der Waals surface area contributed by atoms with Crippen LogP contribution in [0, 0.1) is 30.1 Å². The van der Waals surface area contributed by atoms with Gasteiger partial charge in [-0.3, -0.25) is 15.2 Å². The van der Waals surface area contributed by atoms with Gasteiger partial charge in [-0.1, -0.05) is 86.7 Å². The molecule has 4 rings (SSSR count). The average molecular weight is 861 g/mol. The number of nitrogens with one attached hydrogen (secondary N) is 3. The first-order valence-corrected chi connectivity index (χ1v) is 20.9. The van der Waals surface area contributed by atoms with Crippen LogP contribution in [0.2, 0.25) is 0 Å². The summed E-state index contributed by atoms with van der Waals surface area (Å²) >= 11 is 5.73. The number of phenols is 4. The minimum atomic E-state index is -0.124. The Kier molecular flexibility index (Phi) is 28.6. The minimum absolute atomic E-state index is 0.00477. The Balaban J connectivity index is 0.000000818. The highest BCUT2D eigenvalue weighted by Gasteiger charge is 2.14. The van der Waals surface area contributed by atoms with Crippen LogP contribution < -0.4 is 22.9 Å². The Morgan fingerprint density at radius 3 is 1.47 bits per heavy atom. The molecule has 0 atom stereocenters. The van der Waals surface area contributed by atoms with Crippen LogP contribution >= 0.6 is 24.0 Å². The van der Waals surface area contributed by atoms with Gasteiger partial charge in [-0.2, -0.15) is 0 Å². The Labute approximate surface area is 364 Å². The predicted octanol–water partition coefficient (Wildman–Crippen LogP) is 7.37. The van der Waals surface area contributed by atoms with Gasteiger partial charge in [0.25, 0.3) is 0 Å². The fourth-order valence-corrected chi connectivity index (χ4v) is 4.92. The number of nitrogens with zero attached hydrogens (tertiary/aromatic N) is 1. The lowest BCUT2D eigenvalue weighted by molar-refractivity contribution is 0.0985. The molecule has 0 aliphatic heterocycles. The number of aliphatic imine (C=N–C) groups is 1. The molecule has 0 spiro atoms. The van der Waals surface area contributed by atoms with Crippen molar-refractivity contribution in [3.63, 3.8) is 0 Å². The predicted molar refractivity (Wildman–Crippen MR) is 256 cm³/mol. The first kappa shape index (κ1) is 54.6. The molecule has 0 saturated heterocycles. The van der Waals surface area contributed by atoms with Crippen LogP contribution in [0.3, 0.4) is 0 Å². The third-order valence-electron chi connectivity index (χ3n) is 8.53. The molecule has 15 heteroatoms. The van der Waals surface area contributed by atoms with Crippen LogP contribution in [0.15, 0.2) is 89.9 Å². The molecule has 0 heterocycles. The summed E-state index contributed by atoms with van der Waals surface area (Å²) in [5, 5.41) is 61.4. The lowest BCUT2D eigenvalue weighted by Crippen LogP contribution is -2.19. The highest BCUT2D eigenvalue weighted by Crippen LogP contribution is 2.31. The summed E-state index contributed by atoms with van der Waals surface area (Å²) in [6, 6.07) is 26.4. The molecule has 60 heavy (non-hydrogen) atoms. The molecule has 4 aromatic rings. The topological polar surface area (TPSA) is 286 Å². The van der Waals surface area contributed by atoms with Crippen LogP contribution in [0.25, 0.3) is 0 Å². The number of ketones is 1. The molecule has 0 bridgehead atoms. The van der Waals surface area contributed by atoms with Gasteiger partial charge in [0.15, 0.2) is 5.78 Å². The molecule has 326 valence electrons. The van der Waals surface area contributed by atoms with E-state index in [4.69, 9.17) is 39.2 Å². The number of thioether (sulfide) groups is 1. The second-order valence-corrected chi connectivity index (χ2v) is 14.4. The third-order valence-corrected chi connectivity index (χ3v) is 9.35. The van der Waals surface area contributed by atoms with E-state index in [0.29, 0.717) is 83.6 Å². The van der Waals surface area contributed by atoms with Crippen molar-refractivity contribution in [1.82, 2.24) is 0 Å². The van der Waals surface area contributed by atoms with E-state index in [1.807, 2.05) is 49.6 Å². The van der Waals surface area contributed by atoms with Gasteiger partial charge in [-0.25, -0.2) is 0 Å². The second kappa shape index (κ2) is 31.5. The molecular formula is C45H64N8O5S2. The summed E-state index contributed by atoms with van der Waals surface area (Å²) < 4.78 is 0. The van der Waals surface area contributed by atoms with E-state index in [2.05, 4.69) is 41.5 Å². The molecule has 0 unspecified atom stereocenters. The molecular weight excluding hydrogens is 797 g/mol. The maximum Gasteiger partial charge on any atom is 0.166 e. The summed E-state index contributed by atoms with van der Waals surface area (Å²) in [6.07, 6.45) is 6.05. The van der Waals surface area contributed by atoms with Gasteiger partial charge in [0.1, 0.15) is 23.0 Å². The van der Waals surface area contributed by atoms with Gasteiger partial charge in [0.2, 0.25) is 0 Å². The Bertz CT molecular complexity index is 1970. The molecule has 0 aromatic heterocycles. The van der Waals surface area contributed by atoms with E-state index in [1.165, 1.54) is 35.0 Å². The average Bonchev–Trinajstić information content (AvgIpc) is 3.27. The molecule has 15 N–H and O–H groups in total. The number of carbonyl (C=O) groups excluding carboxylic acids is 1.